The molecule has 1 heterocycles. The van der Waals surface area contributed by atoms with E-state index < -0.39 is 0 Å². The lowest BCUT2D eigenvalue weighted by molar-refractivity contribution is 0.263. The molecule has 0 saturated heterocycles. The second kappa shape index (κ2) is 5.39. The molecule has 0 aliphatic heterocycles. The van der Waals surface area contributed by atoms with Crippen molar-refractivity contribution in [3.8, 4) is 0 Å². The van der Waals surface area contributed by atoms with E-state index >= 15 is 0 Å². The van der Waals surface area contributed by atoms with Crippen molar-refractivity contribution in [3.05, 3.63) is 47.6 Å². The summed E-state index contributed by atoms with van der Waals surface area (Å²) >= 11 is 0. The van der Waals surface area contributed by atoms with Gasteiger partial charge >= 0.3 is 0 Å². The fraction of sp³-hybridized carbons (Fsp3) is 0.579. The summed E-state index contributed by atoms with van der Waals surface area (Å²) in [5, 5.41) is 8.03. The van der Waals surface area contributed by atoms with Crippen molar-refractivity contribution in [3.63, 3.8) is 0 Å². The lowest BCUT2D eigenvalue weighted by atomic mass is 9.81. The molecule has 1 aromatic carbocycles. The zero-order chi connectivity index (χ0) is 16.1. The molecule has 5 nitrogen and oxygen atoms in total. The molecular formula is C19H24N4O. The van der Waals surface area contributed by atoms with Crippen LogP contribution in [0.4, 0.5) is 0 Å². The third-order valence-electron chi connectivity index (χ3n) is 6.01. The van der Waals surface area contributed by atoms with Crippen LogP contribution >= 0.6 is 0 Å². The normalized spacial score (nSPS) is 33.0. The van der Waals surface area contributed by atoms with E-state index in [2.05, 4.69) is 40.8 Å². The molecule has 5 heteroatoms. The van der Waals surface area contributed by atoms with Crippen molar-refractivity contribution in [2.24, 2.45) is 5.73 Å². The van der Waals surface area contributed by atoms with Crippen molar-refractivity contribution in [1.82, 2.24) is 15.5 Å². The van der Waals surface area contributed by atoms with Gasteiger partial charge in [0.15, 0.2) is 5.82 Å². The average Bonchev–Trinajstić information content (AvgIpc) is 3.48. The Morgan fingerprint density at radius 1 is 1.17 bits per heavy atom. The zero-order valence-electron chi connectivity index (χ0n) is 13.8. The number of nitrogens with zero attached hydrogens (tertiary/aromatic N) is 2. The Morgan fingerprint density at radius 2 is 1.96 bits per heavy atom. The molecule has 3 saturated carbocycles. The van der Waals surface area contributed by atoms with Crippen LogP contribution in [-0.4, -0.2) is 28.8 Å². The predicted molar refractivity (Wildman–Crippen MR) is 90.8 cm³/mol. The molecule has 3 fully saturated rings. The summed E-state index contributed by atoms with van der Waals surface area (Å²) in [6, 6.07) is 11.7. The van der Waals surface area contributed by atoms with Crippen LogP contribution in [0.3, 0.4) is 0 Å². The first kappa shape index (κ1) is 14.6. The van der Waals surface area contributed by atoms with Crippen LogP contribution in [-0.2, 0) is 5.41 Å². The maximum atomic E-state index is 5.86. The predicted octanol–water partition coefficient (Wildman–Crippen LogP) is 2.45. The van der Waals surface area contributed by atoms with Crippen molar-refractivity contribution < 1.29 is 4.52 Å². The fourth-order valence-corrected chi connectivity index (χ4v) is 3.93. The van der Waals surface area contributed by atoms with Gasteiger partial charge in [-0.05, 0) is 37.7 Å². The Kier molecular flexibility index (Phi) is 3.28. The molecule has 5 rings (SSSR count). The topological polar surface area (TPSA) is 77.0 Å². The molecule has 1 aromatic heterocycles. The van der Waals surface area contributed by atoms with E-state index in [9.17, 15) is 0 Å². The summed E-state index contributed by atoms with van der Waals surface area (Å²) < 4.78 is 5.51. The molecular weight excluding hydrogens is 300 g/mol. The van der Waals surface area contributed by atoms with Gasteiger partial charge in [0.05, 0.1) is 0 Å². The highest BCUT2D eigenvalue weighted by Gasteiger charge is 2.50. The van der Waals surface area contributed by atoms with Crippen LogP contribution in [0.5, 0.6) is 0 Å². The summed E-state index contributed by atoms with van der Waals surface area (Å²) in [7, 11) is 0. The lowest BCUT2D eigenvalue weighted by Gasteiger charge is -2.28. The summed E-state index contributed by atoms with van der Waals surface area (Å²) in [5.74, 6) is 2.75. The fourth-order valence-electron chi connectivity index (χ4n) is 3.93. The summed E-state index contributed by atoms with van der Waals surface area (Å²) in [4.78, 5) is 4.70. The second-order valence-electron chi connectivity index (χ2n) is 7.91. The number of hydrogen-bond acceptors (Lipinski definition) is 5. The van der Waals surface area contributed by atoms with Crippen LogP contribution < -0.4 is 11.1 Å². The Labute approximate surface area is 142 Å². The number of nitrogens with two attached hydrogens (primary N) is 1. The van der Waals surface area contributed by atoms with Gasteiger partial charge in [0.25, 0.3) is 0 Å². The van der Waals surface area contributed by atoms with E-state index in [0.29, 0.717) is 23.9 Å². The highest BCUT2D eigenvalue weighted by atomic mass is 16.5. The zero-order valence-corrected chi connectivity index (χ0v) is 13.8. The van der Waals surface area contributed by atoms with Gasteiger partial charge in [0.1, 0.15) is 0 Å². The Bertz CT molecular complexity index is 718. The standard InChI is InChI=1S/C19H24N4O/c20-14-8-13(9-14)17-22-18(23-24-17)19(6-7-19)11-21-16-10-15(16)12-4-2-1-3-5-12/h1-5,13-16,21H,6-11,20H2/t13?,14?,15-,16+/m0/s1. The summed E-state index contributed by atoms with van der Waals surface area (Å²) in [6.07, 6.45) is 5.51. The van der Waals surface area contributed by atoms with Crippen LogP contribution in [0.15, 0.2) is 34.9 Å². The third-order valence-corrected chi connectivity index (χ3v) is 6.01. The Hall–Kier alpha value is -1.72. The van der Waals surface area contributed by atoms with E-state index in [1.165, 1.54) is 12.0 Å². The first-order valence-corrected chi connectivity index (χ1v) is 9.11. The van der Waals surface area contributed by atoms with Crippen LogP contribution in [0.1, 0.15) is 61.2 Å². The Balaban J connectivity index is 1.19. The molecule has 2 atom stereocenters. The Morgan fingerprint density at radius 3 is 2.67 bits per heavy atom. The highest BCUT2D eigenvalue weighted by Crippen LogP contribution is 2.48. The smallest absolute Gasteiger partial charge is 0.229 e. The van der Waals surface area contributed by atoms with Crippen LogP contribution in [0.2, 0.25) is 0 Å². The molecule has 24 heavy (non-hydrogen) atoms. The molecule has 126 valence electrons. The highest BCUT2D eigenvalue weighted by molar-refractivity contribution is 5.28. The molecule has 3 N–H and O–H groups in total. The third kappa shape index (κ3) is 2.56. The van der Waals surface area contributed by atoms with E-state index in [0.717, 1.165) is 43.9 Å². The minimum atomic E-state index is 0.109. The molecule has 0 unspecified atom stereocenters. The number of aromatic nitrogens is 2. The van der Waals surface area contributed by atoms with Gasteiger partial charge in [-0.15, -0.1) is 0 Å². The van der Waals surface area contributed by atoms with Gasteiger partial charge in [0.2, 0.25) is 5.89 Å². The van der Waals surface area contributed by atoms with Crippen molar-refractivity contribution in [2.45, 2.75) is 61.4 Å². The molecule has 0 radical (unpaired) electrons. The number of benzene rings is 1. The van der Waals surface area contributed by atoms with Crippen molar-refractivity contribution >= 4 is 0 Å². The minimum Gasteiger partial charge on any atom is -0.339 e. The molecule has 0 amide bonds. The number of rotatable bonds is 6. The largest absolute Gasteiger partial charge is 0.339 e. The van der Waals surface area contributed by atoms with Gasteiger partial charge in [-0.1, -0.05) is 35.5 Å². The van der Waals surface area contributed by atoms with E-state index in [1.807, 2.05) is 0 Å². The molecule has 0 spiro atoms. The molecule has 3 aliphatic rings. The summed E-state index contributed by atoms with van der Waals surface area (Å²) in [5.41, 5.74) is 7.42. The van der Waals surface area contributed by atoms with Gasteiger partial charge in [-0.3, -0.25) is 0 Å². The number of hydrogen-bond donors (Lipinski definition) is 2. The van der Waals surface area contributed by atoms with Crippen LogP contribution in [0, 0.1) is 0 Å². The van der Waals surface area contributed by atoms with E-state index in [4.69, 9.17) is 15.2 Å². The van der Waals surface area contributed by atoms with E-state index in [-0.39, 0.29) is 5.41 Å². The van der Waals surface area contributed by atoms with Crippen molar-refractivity contribution in [1.29, 1.82) is 0 Å². The average molecular weight is 324 g/mol. The first-order valence-electron chi connectivity index (χ1n) is 9.11. The van der Waals surface area contributed by atoms with Crippen LogP contribution in [0.25, 0.3) is 0 Å². The lowest BCUT2D eigenvalue weighted by Crippen LogP contribution is -2.35. The summed E-state index contributed by atoms with van der Waals surface area (Å²) in [6.45, 7) is 0.962. The van der Waals surface area contributed by atoms with Gasteiger partial charge in [-0.2, -0.15) is 4.98 Å². The minimum absolute atomic E-state index is 0.109. The van der Waals surface area contributed by atoms with Gasteiger partial charge in [-0.25, -0.2) is 0 Å². The molecule has 3 aliphatic carbocycles. The van der Waals surface area contributed by atoms with Gasteiger partial charge in [0, 0.05) is 35.9 Å². The molecule has 2 aromatic rings. The maximum Gasteiger partial charge on any atom is 0.229 e. The van der Waals surface area contributed by atoms with Gasteiger partial charge < -0.3 is 15.6 Å². The maximum absolute atomic E-state index is 5.86. The number of nitrogens with one attached hydrogen (secondary N) is 1. The molecule has 0 bridgehead atoms. The SMILES string of the molecule is NC1CC(c2nc(C3(CN[C@@H]4C[C@H]4c4ccccc4)CC3)no2)C1. The van der Waals surface area contributed by atoms with Crippen molar-refractivity contribution in [2.75, 3.05) is 6.54 Å². The van der Waals surface area contributed by atoms with E-state index in [1.54, 1.807) is 0 Å². The quantitative estimate of drug-likeness (QED) is 0.853. The first-order chi connectivity index (χ1) is 11.7. The monoisotopic (exact) mass is 324 g/mol. The second-order valence-corrected chi connectivity index (χ2v) is 7.91.